The van der Waals surface area contributed by atoms with Crippen molar-refractivity contribution in [2.75, 3.05) is 25.0 Å². The topological polar surface area (TPSA) is 41.1 Å². The normalized spacial score (nSPS) is 24.3. The minimum Gasteiger partial charge on any atom is -0.354 e. The molecule has 0 unspecified atom stereocenters. The van der Waals surface area contributed by atoms with E-state index in [-0.39, 0.29) is 0 Å². The van der Waals surface area contributed by atoms with Crippen LogP contribution < -0.4 is 10.2 Å². The van der Waals surface area contributed by atoms with Gasteiger partial charge in [-0.25, -0.2) is 9.97 Å². The molecule has 3 rings (SSSR count). The molecular weight excluding hydrogens is 236 g/mol. The number of aromatic nitrogens is 2. The number of likely N-dealkylation sites (N-methyl/N-ethyl adjacent to an activating group) is 1. The molecule has 1 aromatic heterocycles. The Morgan fingerprint density at radius 3 is 2.89 bits per heavy atom. The SMILES string of the molecule is C/C=C\c1c(C)ncnc1N(C)[C@H]1CNCC12CC2. The first-order chi connectivity index (χ1) is 9.18. The van der Waals surface area contributed by atoms with Crippen LogP contribution in [0.3, 0.4) is 0 Å². The molecule has 4 nitrogen and oxygen atoms in total. The average molecular weight is 258 g/mol. The highest BCUT2D eigenvalue weighted by Gasteiger charge is 2.54. The van der Waals surface area contributed by atoms with Gasteiger partial charge in [0.1, 0.15) is 12.1 Å². The zero-order valence-electron chi connectivity index (χ0n) is 12.0. The molecule has 1 spiro atoms. The molecule has 2 heterocycles. The molecule has 1 aliphatic heterocycles. The lowest BCUT2D eigenvalue weighted by Crippen LogP contribution is -2.40. The van der Waals surface area contributed by atoms with Gasteiger partial charge in [-0.1, -0.05) is 12.2 Å². The lowest BCUT2D eigenvalue weighted by Gasteiger charge is -2.31. The maximum absolute atomic E-state index is 4.53. The second-order valence-corrected chi connectivity index (χ2v) is 5.82. The Labute approximate surface area is 114 Å². The van der Waals surface area contributed by atoms with Gasteiger partial charge in [0.2, 0.25) is 0 Å². The van der Waals surface area contributed by atoms with Crippen LogP contribution in [0.2, 0.25) is 0 Å². The van der Waals surface area contributed by atoms with Gasteiger partial charge in [-0.3, -0.25) is 0 Å². The van der Waals surface area contributed by atoms with Gasteiger partial charge < -0.3 is 10.2 Å². The molecule has 2 fully saturated rings. The van der Waals surface area contributed by atoms with Crippen LogP contribution in [0.5, 0.6) is 0 Å². The van der Waals surface area contributed by atoms with Gasteiger partial charge >= 0.3 is 0 Å². The summed E-state index contributed by atoms with van der Waals surface area (Å²) >= 11 is 0. The van der Waals surface area contributed by atoms with E-state index in [9.17, 15) is 0 Å². The van der Waals surface area contributed by atoms with Crippen LogP contribution >= 0.6 is 0 Å². The summed E-state index contributed by atoms with van der Waals surface area (Å²) in [6, 6.07) is 0.561. The van der Waals surface area contributed by atoms with Gasteiger partial charge in [0.25, 0.3) is 0 Å². The predicted molar refractivity (Wildman–Crippen MR) is 78.2 cm³/mol. The Hall–Kier alpha value is -1.42. The highest BCUT2D eigenvalue weighted by molar-refractivity contribution is 5.66. The molecule has 1 aromatic rings. The molecule has 19 heavy (non-hydrogen) atoms. The molecule has 0 bridgehead atoms. The minimum atomic E-state index is 0.501. The summed E-state index contributed by atoms with van der Waals surface area (Å²) in [6.07, 6.45) is 8.54. The minimum absolute atomic E-state index is 0.501. The Bertz CT molecular complexity index is 505. The average Bonchev–Trinajstić information content (AvgIpc) is 3.04. The van der Waals surface area contributed by atoms with Crippen molar-refractivity contribution in [3.05, 3.63) is 23.7 Å². The molecule has 0 radical (unpaired) electrons. The van der Waals surface area contributed by atoms with E-state index in [0.717, 1.165) is 30.2 Å². The Kier molecular flexibility index (Phi) is 3.05. The second kappa shape index (κ2) is 4.60. The molecular formula is C15H22N4. The largest absolute Gasteiger partial charge is 0.354 e. The number of nitrogens with one attached hydrogen (secondary N) is 1. The third kappa shape index (κ3) is 2.04. The first kappa shape index (κ1) is 12.6. The fraction of sp³-hybridized carbons (Fsp3) is 0.600. The van der Waals surface area contributed by atoms with Gasteiger partial charge in [0.05, 0.1) is 5.69 Å². The quantitative estimate of drug-likeness (QED) is 0.900. The van der Waals surface area contributed by atoms with Crippen molar-refractivity contribution in [1.29, 1.82) is 0 Å². The van der Waals surface area contributed by atoms with Crippen molar-refractivity contribution in [3.8, 4) is 0 Å². The monoisotopic (exact) mass is 258 g/mol. The van der Waals surface area contributed by atoms with Gasteiger partial charge in [-0.05, 0) is 26.7 Å². The summed E-state index contributed by atoms with van der Waals surface area (Å²) in [5.41, 5.74) is 2.70. The molecule has 1 atom stereocenters. The molecule has 1 N–H and O–H groups in total. The lowest BCUT2D eigenvalue weighted by atomic mass is 9.99. The summed E-state index contributed by atoms with van der Waals surface area (Å²) in [5, 5.41) is 3.54. The highest BCUT2D eigenvalue weighted by Crippen LogP contribution is 2.52. The summed E-state index contributed by atoms with van der Waals surface area (Å²) in [5.74, 6) is 1.06. The number of allylic oxidation sites excluding steroid dienone is 1. The lowest BCUT2D eigenvalue weighted by molar-refractivity contribution is 0.476. The second-order valence-electron chi connectivity index (χ2n) is 5.82. The van der Waals surface area contributed by atoms with Gasteiger partial charge in [-0.15, -0.1) is 0 Å². The van der Waals surface area contributed by atoms with Crippen LogP contribution in [0.25, 0.3) is 6.08 Å². The van der Waals surface area contributed by atoms with Crippen molar-refractivity contribution >= 4 is 11.9 Å². The molecule has 0 aromatic carbocycles. The van der Waals surface area contributed by atoms with E-state index in [4.69, 9.17) is 0 Å². The molecule has 4 heteroatoms. The number of nitrogens with zero attached hydrogens (tertiary/aromatic N) is 3. The first-order valence-electron chi connectivity index (χ1n) is 7.06. The van der Waals surface area contributed by atoms with Crippen molar-refractivity contribution in [2.45, 2.75) is 32.7 Å². The number of rotatable bonds is 3. The van der Waals surface area contributed by atoms with Crippen molar-refractivity contribution in [2.24, 2.45) is 5.41 Å². The van der Waals surface area contributed by atoms with E-state index in [0.29, 0.717) is 11.5 Å². The molecule has 102 valence electrons. The van der Waals surface area contributed by atoms with Gasteiger partial charge in [0.15, 0.2) is 0 Å². The fourth-order valence-corrected chi connectivity index (χ4v) is 3.27. The molecule has 1 saturated heterocycles. The zero-order chi connectivity index (χ0) is 13.5. The van der Waals surface area contributed by atoms with Gasteiger partial charge in [0, 0.05) is 37.2 Å². The summed E-state index contributed by atoms with van der Waals surface area (Å²) in [6.45, 7) is 6.31. The van der Waals surface area contributed by atoms with E-state index in [1.54, 1.807) is 6.33 Å². The number of aryl methyl sites for hydroxylation is 1. The van der Waals surface area contributed by atoms with E-state index >= 15 is 0 Å². The molecule has 2 aliphatic rings. The van der Waals surface area contributed by atoms with E-state index in [2.05, 4.69) is 39.4 Å². The maximum Gasteiger partial charge on any atom is 0.139 e. The van der Waals surface area contributed by atoms with Crippen LogP contribution in [-0.2, 0) is 0 Å². The Morgan fingerprint density at radius 2 is 2.21 bits per heavy atom. The molecule has 0 amide bonds. The van der Waals surface area contributed by atoms with E-state index < -0.39 is 0 Å². The van der Waals surface area contributed by atoms with Crippen LogP contribution in [0, 0.1) is 12.3 Å². The number of anilines is 1. The predicted octanol–water partition coefficient (Wildman–Crippen LogP) is 2.01. The van der Waals surface area contributed by atoms with Crippen molar-refractivity contribution in [1.82, 2.24) is 15.3 Å². The van der Waals surface area contributed by atoms with Crippen LogP contribution in [-0.4, -0.2) is 36.1 Å². The summed E-state index contributed by atoms with van der Waals surface area (Å²) in [7, 11) is 2.17. The summed E-state index contributed by atoms with van der Waals surface area (Å²) in [4.78, 5) is 11.2. The number of hydrogen-bond donors (Lipinski definition) is 1. The maximum atomic E-state index is 4.53. The zero-order valence-corrected chi connectivity index (χ0v) is 12.0. The van der Waals surface area contributed by atoms with Crippen LogP contribution in [0.4, 0.5) is 5.82 Å². The first-order valence-corrected chi connectivity index (χ1v) is 7.06. The molecule has 1 saturated carbocycles. The van der Waals surface area contributed by atoms with Gasteiger partial charge in [-0.2, -0.15) is 0 Å². The van der Waals surface area contributed by atoms with Crippen LogP contribution in [0.1, 0.15) is 31.0 Å². The number of hydrogen-bond acceptors (Lipinski definition) is 4. The standard InChI is InChI=1S/C15H22N4/c1-4-5-12-11(2)17-10-18-14(12)19(3)13-8-16-9-15(13)6-7-15/h4-5,10,13,16H,6-9H2,1-3H3/b5-4-/t13-/m0/s1. The Balaban J connectivity index is 1.95. The molecule has 1 aliphatic carbocycles. The van der Waals surface area contributed by atoms with E-state index in [1.807, 2.05) is 13.8 Å². The van der Waals surface area contributed by atoms with Crippen molar-refractivity contribution in [3.63, 3.8) is 0 Å². The smallest absolute Gasteiger partial charge is 0.139 e. The third-order valence-electron chi connectivity index (χ3n) is 4.61. The van der Waals surface area contributed by atoms with E-state index in [1.165, 1.54) is 12.8 Å². The third-order valence-corrected chi connectivity index (χ3v) is 4.61. The van der Waals surface area contributed by atoms with Crippen molar-refractivity contribution < 1.29 is 0 Å². The summed E-state index contributed by atoms with van der Waals surface area (Å²) < 4.78 is 0. The fourth-order valence-electron chi connectivity index (χ4n) is 3.27. The Morgan fingerprint density at radius 1 is 1.42 bits per heavy atom. The highest BCUT2D eigenvalue weighted by atomic mass is 15.3. The van der Waals surface area contributed by atoms with Crippen LogP contribution in [0.15, 0.2) is 12.4 Å².